The van der Waals surface area contributed by atoms with Crippen LogP contribution < -0.4 is 34.5 Å². The minimum atomic E-state index is -3.21. The third-order valence-corrected chi connectivity index (χ3v) is 8.22. The third kappa shape index (κ3) is 9.26. The number of benzene rings is 2. The molecule has 0 aromatic heterocycles. The summed E-state index contributed by atoms with van der Waals surface area (Å²) in [6.45, 7) is 4.60. The zero-order chi connectivity index (χ0) is 25.4. The standard InChI is InChI=1S/C29H38NO5P.Na/c1-36(32,33)20-8-3-2-7-11-26-28(21-27(31)29(26)30-16-18-34-19-17-30)35-22-23-12-14-25(15-13-23)24-9-5-4-6-10-24;/h2,4-7,9-10,12-15,26,28-29H,3,8,11,16-22H2,1H3,(H,32,33);/q;+1/p-1/b7-2-;/t26-,28?,29?;/m1./s1. The van der Waals surface area contributed by atoms with Crippen molar-refractivity contribution in [3.8, 4) is 11.1 Å². The molecule has 6 nitrogen and oxygen atoms in total. The summed E-state index contributed by atoms with van der Waals surface area (Å²) in [7, 11) is -3.21. The molecule has 1 aliphatic heterocycles. The number of rotatable bonds is 11. The molecule has 2 aromatic carbocycles. The smallest absolute Gasteiger partial charge is 0.799 e. The molecule has 2 aliphatic rings. The first kappa shape index (κ1) is 30.5. The van der Waals surface area contributed by atoms with Gasteiger partial charge in [-0.05, 0) is 48.8 Å². The van der Waals surface area contributed by atoms with Crippen LogP contribution in [0.15, 0.2) is 66.7 Å². The molecule has 4 atom stereocenters. The van der Waals surface area contributed by atoms with Gasteiger partial charge in [0.05, 0.1) is 32.0 Å². The molecule has 0 bridgehead atoms. The molecule has 1 heterocycles. The maximum atomic E-state index is 13.1. The first-order chi connectivity index (χ1) is 17.4. The molecule has 0 radical (unpaired) electrons. The number of allylic oxidation sites excluding steroid dienone is 2. The zero-order valence-electron chi connectivity index (χ0n) is 22.1. The third-order valence-electron chi connectivity index (χ3n) is 7.09. The predicted molar refractivity (Wildman–Crippen MR) is 141 cm³/mol. The Morgan fingerprint density at radius 2 is 1.73 bits per heavy atom. The largest absolute Gasteiger partial charge is 1.00 e. The molecule has 1 aliphatic carbocycles. The van der Waals surface area contributed by atoms with E-state index in [-0.39, 0.29) is 59.6 Å². The van der Waals surface area contributed by atoms with Crippen LogP contribution in [-0.2, 0) is 25.4 Å². The maximum Gasteiger partial charge on any atom is 1.00 e. The predicted octanol–water partition coefficient (Wildman–Crippen LogP) is 1.53. The van der Waals surface area contributed by atoms with Gasteiger partial charge in [-0.25, -0.2) is 0 Å². The fourth-order valence-corrected chi connectivity index (χ4v) is 5.96. The van der Waals surface area contributed by atoms with Crippen molar-refractivity contribution in [2.75, 3.05) is 39.1 Å². The SMILES string of the molecule is CP(=O)([O-])CCC/C=C\C[C@@H]1C(OCc2ccc(-c3ccccc3)cc2)CC(=O)C1N1CCOCC1.[Na+]. The van der Waals surface area contributed by atoms with E-state index in [1.54, 1.807) is 0 Å². The molecule has 2 fully saturated rings. The molecule has 0 N–H and O–H groups in total. The monoisotopic (exact) mass is 533 g/mol. The summed E-state index contributed by atoms with van der Waals surface area (Å²) < 4.78 is 23.3. The second-order valence-electron chi connectivity index (χ2n) is 9.93. The Balaban J connectivity index is 0.00000380. The van der Waals surface area contributed by atoms with Gasteiger partial charge in [0.2, 0.25) is 0 Å². The molecular weight excluding hydrogens is 496 g/mol. The van der Waals surface area contributed by atoms with Crippen molar-refractivity contribution in [2.24, 2.45) is 5.92 Å². The van der Waals surface area contributed by atoms with Gasteiger partial charge in [0.1, 0.15) is 0 Å². The van der Waals surface area contributed by atoms with E-state index in [2.05, 4.69) is 47.4 Å². The van der Waals surface area contributed by atoms with Crippen molar-refractivity contribution in [3.05, 3.63) is 72.3 Å². The van der Waals surface area contributed by atoms with Gasteiger partial charge < -0.3 is 18.9 Å². The topological polar surface area (TPSA) is 78.9 Å². The van der Waals surface area contributed by atoms with Gasteiger partial charge in [0.25, 0.3) is 0 Å². The normalized spacial score (nSPS) is 24.2. The van der Waals surface area contributed by atoms with Crippen LogP contribution in [0.2, 0.25) is 0 Å². The van der Waals surface area contributed by atoms with Crippen LogP contribution in [0.5, 0.6) is 0 Å². The Kier molecular flexibility index (Phi) is 12.3. The number of Topliss-reactive ketones (excluding diaryl/α,β-unsaturated/α-hetero) is 1. The van der Waals surface area contributed by atoms with Crippen LogP contribution in [0.1, 0.15) is 31.2 Å². The number of carbonyl (C=O) groups is 1. The van der Waals surface area contributed by atoms with E-state index in [0.29, 0.717) is 32.7 Å². The molecular formula is C29H37NNaO5P. The molecule has 4 rings (SSSR count). The van der Waals surface area contributed by atoms with Crippen LogP contribution in [0.4, 0.5) is 0 Å². The molecule has 8 heteroatoms. The van der Waals surface area contributed by atoms with Gasteiger partial charge in [-0.1, -0.05) is 66.7 Å². The van der Waals surface area contributed by atoms with Crippen LogP contribution in [0.25, 0.3) is 11.1 Å². The molecule has 194 valence electrons. The summed E-state index contributed by atoms with van der Waals surface area (Å²) >= 11 is 0. The van der Waals surface area contributed by atoms with E-state index in [0.717, 1.165) is 31.5 Å². The van der Waals surface area contributed by atoms with Crippen molar-refractivity contribution in [2.45, 2.75) is 44.4 Å². The van der Waals surface area contributed by atoms with Crippen molar-refractivity contribution in [1.29, 1.82) is 0 Å². The second-order valence-corrected chi connectivity index (χ2v) is 12.4. The molecule has 3 unspecified atom stereocenters. The summed E-state index contributed by atoms with van der Waals surface area (Å²) in [6, 6.07) is 18.5. The van der Waals surface area contributed by atoms with Crippen LogP contribution in [0, 0.1) is 5.92 Å². The van der Waals surface area contributed by atoms with E-state index in [9.17, 15) is 14.3 Å². The van der Waals surface area contributed by atoms with E-state index in [1.807, 2.05) is 24.3 Å². The van der Waals surface area contributed by atoms with E-state index < -0.39 is 7.37 Å². The summed E-state index contributed by atoms with van der Waals surface area (Å²) in [6.07, 6.45) is 6.77. The number of ketones is 1. The van der Waals surface area contributed by atoms with E-state index in [4.69, 9.17) is 9.47 Å². The average molecular weight is 534 g/mol. The summed E-state index contributed by atoms with van der Waals surface area (Å²) in [5.74, 6) is 0.324. The van der Waals surface area contributed by atoms with Crippen molar-refractivity contribution in [1.82, 2.24) is 4.90 Å². The van der Waals surface area contributed by atoms with E-state index in [1.165, 1.54) is 17.8 Å². The molecule has 0 amide bonds. The molecule has 2 aromatic rings. The number of nitrogens with zero attached hydrogens (tertiary/aromatic N) is 1. The fraction of sp³-hybridized carbons (Fsp3) is 0.483. The molecule has 37 heavy (non-hydrogen) atoms. The second kappa shape index (κ2) is 14.9. The number of hydrogen-bond acceptors (Lipinski definition) is 6. The van der Waals surface area contributed by atoms with Gasteiger partial charge in [-0.2, -0.15) is 0 Å². The number of morpholine rings is 1. The Hall–Kier alpha value is -1.08. The Morgan fingerprint density at radius 1 is 1.05 bits per heavy atom. The van der Waals surface area contributed by atoms with Crippen molar-refractivity contribution >= 4 is 13.2 Å². The molecule has 1 saturated heterocycles. The number of ether oxygens (including phenoxy) is 2. The number of unbranched alkanes of at least 4 members (excludes halogenated alkanes) is 1. The quantitative estimate of drug-likeness (QED) is 0.189. The maximum absolute atomic E-state index is 13.1. The molecule has 0 spiro atoms. The summed E-state index contributed by atoms with van der Waals surface area (Å²) in [5, 5.41) is 0. The zero-order valence-corrected chi connectivity index (χ0v) is 25.0. The molecule has 1 saturated carbocycles. The van der Waals surface area contributed by atoms with Crippen molar-refractivity contribution < 1.29 is 53.3 Å². The minimum Gasteiger partial charge on any atom is -0.799 e. The summed E-state index contributed by atoms with van der Waals surface area (Å²) in [5.41, 5.74) is 3.44. The number of carbonyl (C=O) groups excluding carboxylic acids is 1. The van der Waals surface area contributed by atoms with Crippen LogP contribution in [0.3, 0.4) is 0 Å². The van der Waals surface area contributed by atoms with Gasteiger partial charge in [-0.3, -0.25) is 9.69 Å². The van der Waals surface area contributed by atoms with Crippen molar-refractivity contribution in [3.63, 3.8) is 0 Å². The van der Waals surface area contributed by atoms with Gasteiger partial charge in [0, 0.05) is 32.8 Å². The first-order valence-corrected chi connectivity index (χ1v) is 15.2. The fourth-order valence-electron chi connectivity index (χ4n) is 5.20. The van der Waals surface area contributed by atoms with Gasteiger partial charge in [-0.15, -0.1) is 0 Å². The van der Waals surface area contributed by atoms with E-state index >= 15 is 0 Å². The Bertz CT molecular complexity index is 1050. The minimum absolute atomic E-state index is 0. The Labute approximate surface area is 243 Å². The first-order valence-electron chi connectivity index (χ1n) is 12.9. The number of hydrogen-bond donors (Lipinski definition) is 0. The van der Waals surface area contributed by atoms with Crippen LogP contribution >= 0.6 is 7.37 Å². The Morgan fingerprint density at radius 3 is 2.41 bits per heavy atom. The average Bonchev–Trinajstić information content (AvgIpc) is 3.20. The van der Waals surface area contributed by atoms with Gasteiger partial charge in [0.15, 0.2) is 5.78 Å². The summed E-state index contributed by atoms with van der Waals surface area (Å²) in [4.78, 5) is 26.7. The van der Waals surface area contributed by atoms with Crippen LogP contribution in [-0.4, -0.2) is 62.0 Å². The van der Waals surface area contributed by atoms with Gasteiger partial charge >= 0.3 is 29.6 Å².